The van der Waals surface area contributed by atoms with Crippen molar-refractivity contribution in [2.24, 2.45) is 45.8 Å². The molecule has 0 unspecified atom stereocenters. The molecule has 0 aromatic rings. The van der Waals surface area contributed by atoms with Crippen molar-refractivity contribution in [3.63, 3.8) is 0 Å². The van der Waals surface area contributed by atoms with E-state index in [9.17, 15) is 10.1 Å². The average molecular weight is 436 g/mol. The first-order valence-electron chi connectivity index (χ1n) is 13.3. The van der Waals surface area contributed by atoms with Gasteiger partial charge in [0.05, 0.1) is 12.0 Å². The second kappa shape index (κ2) is 8.14. The second-order valence-corrected chi connectivity index (χ2v) is 13.0. The molecule has 0 N–H and O–H groups in total. The van der Waals surface area contributed by atoms with Gasteiger partial charge in [0.25, 0.3) is 0 Å². The van der Waals surface area contributed by atoms with Gasteiger partial charge in [-0.3, -0.25) is 4.79 Å². The summed E-state index contributed by atoms with van der Waals surface area (Å²) in [4.78, 5) is 12.9. The minimum atomic E-state index is -0.321. The van der Waals surface area contributed by atoms with Crippen LogP contribution in [0.4, 0.5) is 0 Å². The molecule has 0 radical (unpaired) electrons. The quantitative estimate of drug-likeness (QED) is 0.438. The molecule has 0 saturated heterocycles. The molecule has 1 saturated carbocycles. The van der Waals surface area contributed by atoms with Crippen molar-refractivity contribution in [1.29, 1.82) is 5.26 Å². The molecule has 0 amide bonds. The van der Waals surface area contributed by atoms with E-state index in [1.54, 1.807) is 16.7 Å². The van der Waals surface area contributed by atoms with Crippen LogP contribution in [0.25, 0.3) is 0 Å². The molecule has 0 spiro atoms. The van der Waals surface area contributed by atoms with Gasteiger partial charge in [-0.05, 0) is 72.3 Å². The molecule has 0 aromatic carbocycles. The zero-order valence-corrected chi connectivity index (χ0v) is 21.7. The molecule has 32 heavy (non-hydrogen) atoms. The van der Waals surface area contributed by atoms with Gasteiger partial charge >= 0.3 is 0 Å². The number of nitrogens with zero attached hydrogens (tertiary/aromatic N) is 1. The first-order chi connectivity index (χ1) is 15.0. The summed E-state index contributed by atoms with van der Waals surface area (Å²) in [6.45, 7) is 16.4. The fourth-order valence-electron chi connectivity index (χ4n) is 8.61. The Morgan fingerprint density at radius 3 is 2.50 bits per heavy atom. The Hall–Kier alpha value is -1.36. The number of nitriles is 1. The summed E-state index contributed by atoms with van der Waals surface area (Å²) >= 11 is 0. The summed E-state index contributed by atoms with van der Waals surface area (Å²) in [5, 5.41) is 10.1. The maximum Gasteiger partial charge on any atom is 0.140 e. The van der Waals surface area contributed by atoms with E-state index in [-0.39, 0.29) is 22.7 Å². The Kier molecular flexibility index (Phi) is 6.05. The van der Waals surface area contributed by atoms with E-state index < -0.39 is 0 Å². The van der Waals surface area contributed by atoms with Crippen molar-refractivity contribution in [2.75, 3.05) is 0 Å². The fraction of sp³-hybridized carbons (Fsp3) is 0.800. The fourth-order valence-corrected chi connectivity index (χ4v) is 8.61. The molecule has 0 heterocycles. The van der Waals surface area contributed by atoms with E-state index in [2.05, 4.69) is 60.6 Å². The van der Waals surface area contributed by atoms with Gasteiger partial charge in [-0.25, -0.2) is 0 Å². The third kappa shape index (κ3) is 3.36. The Morgan fingerprint density at radius 1 is 1.12 bits per heavy atom. The Balaban J connectivity index is 1.65. The van der Waals surface area contributed by atoms with Crippen molar-refractivity contribution in [1.82, 2.24) is 0 Å². The van der Waals surface area contributed by atoms with Gasteiger partial charge in [0.1, 0.15) is 5.78 Å². The highest BCUT2D eigenvalue weighted by atomic mass is 16.1. The molecule has 4 aliphatic rings. The number of hydrogen-bond acceptors (Lipinski definition) is 2. The van der Waals surface area contributed by atoms with Gasteiger partial charge in [-0.1, -0.05) is 79.4 Å². The normalized spacial score (nSPS) is 39.2. The summed E-state index contributed by atoms with van der Waals surface area (Å²) in [6.07, 6.45) is 12.7. The van der Waals surface area contributed by atoms with E-state index in [0.717, 1.165) is 37.0 Å². The number of rotatable bonds is 5. The predicted molar refractivity (Wildman–Crippen MR) is 132 cm³/mol. The molecule has 4 aliphatic carbocycles. The summed E-state index contributed by atoms with van der Waals surface area (Å²) in [6, 6.07) is 2.60. The van der Waals surface area contributed by atoms with Crippen molar-refractivity contribution >= 4 is 5.78 Å². The van der Waals surface area contributed by atoms with Crippen LogP contribution >= 0.6 is 0 Å². The van der Waals surface area contributed by atoms with Gasteiger partial charge in [0.2, 0.25) is 0 Å². The van der Waals surface area contributed by atoms with Crippen molar-refractivity contribution < 1.29 is 4.79 Å². The van der Waals surface area contributed by atoms with Gasteiger partial charge in [-0.15, -0.1) is 0 Å². The summed E-state index contributed by atoms with van der Waals surface area (Å²) in [5.41, 5.74) is 4.60. The van der Waals surface area contributed by atoms with Gasteiger partial charge in [0.15, 0.2) is 0 Å². The molecule has 2 nitrogen and oxygen atoms in total. The Morgan fingerprint density at radius 2 is 1.84 bits per heavy atom. The van der Waals surface area contributed by atoms with E-state index in [1.165, 1.54) is 32.1 Å². The largest absolute Gasteiger partial charge is 0.299 e. The molecule has 1 fully saturated rings. The standard InChI is InChI=1S/C30H45NO/c1-19(2)9-8-10-20(3)23-12-13-24-22-11-14-26-28(4,5)27(32)17-21(18-31)30(26,7)25(22)15-16-29(23,24)6/h13,19-21,23,26H,8-12,14-17H2,1-7H3/t20-,21-,23-,26+,29-,30-/m1/s1. The van der Waals surface area contributed by atoms with Crippen LogP contribution in [-0.4, -0.2) is 5.78 Å². The maximum atomic E-state index is 12.9. The minimum Gasteiger partial charge on any atom is -0.299 e. The first-order valence-corrected chi connectivity index (χ1v) is 13.3. The van der Waals surface area contributed by atoms with Crippen LogP contribution in [0.3, 0.4) is 0 Å². The van der Waals surface area contributed by atoms with Crippen molar-refractivity contribution in [2.45, 2.75) is 106 Å². The topological polar surface area (TPSA) is 40.9 Å². The zero-order chi connectivity index (χ0) is 23.5. The highest BCUT2D eigenvalue weighted by molar-refractivity contribution is 5.86. The van der Waals surface area contributed by atoms with Crippen LogP contribution in [-0.2, 0) is 4.79 Å². The number of carbonyl (C=O) groups excluding carboxylic acids is 1. The van der Waals surface area contributed by atoms with Crippen LogP contribution in [0.5, 0.6) is 0 Å². The van der Waals surface area contributed by atoms with Crippen LogP contribution in [0.1, 0.15) is 106 Å². The van der Waals surface area contributed by atoms with E-state index >= 15 is 0 Å². The molecule has 0 bridgehead atoms. The number of Topliss-reactive ketones (excluding diaryl/α,β-unsaturated/α-hetero) is 1. The molecule has 0 aliphatic heterocycles. The number of carbonyl (C=O) groups is 1. The zero-order valence-electron chi connectivity index (χ0n) is 21.7. The van der Waals surface area contributed by atoms with Crippen molar-refractivity contribution in [3.8, 4) is 6.07 Å². The molecular weight excluding hydrogens is 390 g/mol. The molecule has 4 rings (SSSR count). The van der Waals surface area contributed by atoms with Crippen LogP contribution in [0.2, 0.25) is 0 Å². The van der Waals surface area contributed by atoms with Crippen molar-refractivity contribution in [3.05, 3.63) is 22.8 Å². The lowest BCUT2D eigenvalue weighted by atomic mass is 9.44. The van der Waals surface area contributed by atoms with Gasteiger partial charge in [-0.2, -0.15) is 5.26 Å². The van der Waals surface area contributed by atoms with Crippen LogP contribution in [0, 0.1) is 57.2 Å². The highest BCUT2D eigenvalue weighted by Crippen LogP contribution is 2.67. The SMILES string of the molecule is CC(C)CCC[C@@H](C)[C@H]1CC=C2C3=C(CC[C@@]21C)[C@@]1(C)[C@@H](C#N)CC(=O)C(C)(C)[C@@H]1CC3. The third-order valence-corrected chi connectivity index (χ3v) is 10.6. The monoisotopic (exact) mass is 435 g/mol. The molecule has 6 atom stereocenters. The average Bonchev–Trinajstić information content (AvgIpc) is 3.08. The number of hydrogen-bond donors (Lipinski definition) is 0. The maximum absolute atomic E-state index is 12.9. The van der Waals surface area contributed by atoms with Crippen LogP contribution < -0.4 is 0 Å². The Bertz CT molecular complexity index is 883. The summed E-state index contributed by atoms with van der Waals surface area (Å²) in [5.74, 6) is 2.73. The molecule has 176 valence electrons. The smallest absolute Gasteiger partial charge is 0.140 e. The van der Waals surface area contributed by atoms with Crippen LogP contribution in [0.15, 0.2) is 22.8 Å². The number of fused-ring (bicyclic) bond motifs is 4. The lowest BCUT2D eigenvalue weighted by molar-refractivity contribution is -0.142. The lowest BCUT2D eigenvalue weighted by Gasteiger charge is -2.58. The summed E-state index contributed by atoms with van der Waals surface area (Å²) < 4.78 is 0. The Labute approximate surface area is 196 Å². The highest BCUT2D eigenvalue weighted by Gasteiger charge is 2.61. The first kappa shape index (κ1) is 23.8. The second-order valence-electron chi connectivity index (χ2n) is 13.0. The van der Waals surface area contributed by atoms with E-state index in [0.29, 0.717) is 17.6 Å². The summed E-state index contributed by atoms with van der Waals surface area (Å²) in [7, 11) is 0. The molecule has 2 heteroatoms. The predicted octanol–water partition coefficient (Wildman–Crippen LogP) is 8.05. The molecular formula is C30H45NO. The molecule has 0 aromatic heterocycles. The van der Waals surface area contributed by atoms with E-state index in [4.69, 9.17) is 0 Å². The minimum absolute atomic E-state index is 0.150. The third-order valence-electron chi connectivity index (χ3n) is 10.6. The number of allylic oxidation sites excluding steroid dienone is 4. The lowest BCUT2D eigenvalue weighted by Crippen LogP contribution is -2.55. The number of ketones is 1. The van der Waals surface area contributed by atoms with E-state index in [1.807, 2.05) is 0 Å². The van der Waals surface area contributed by atoms with Gasteiger partial charge < -0.3 is 0 Å². The van der Waals surface area contributed by atoms with Gasteiger partial charge in [0, 0.05) is 17.3 Å².